The summed E-state index contributed by atoms with van der Waals surface area (Å²) in [4.78, 5) is 29.7. The van der Waals surface area contributed by atoms with E-state index in [0.29, 0.717) is 24.6 Å². The molecule has 3 aliphatic rings. The normalized spacial score (nSPS) is 28.1. The van der Waals surface area contributed by atoms with Gasteiger partial charge in [0, 0.05) is 18.7 Å². The number of imide groups is 1. The quantitative estimate of drug-likeness (QED) is 0.682. The van der Waals surface area contributed by atoms with Gasteiger partial charge in [0.15, 0.2) is 5.65 Å². The first-order valence-corrected chi connectivity index (χ1v) is 11.9. The molecule has 1 spiro atoms. The average molecular weight is 479 g/mol. The van der Waals surface area contributed by atoms with Gasteiger partial charge >= 0.3 is 12.2 Å². The minimum absolute atomic E-state index is 0.0667. The SMILES string of the molecule is C[C@@H]1CCC[C@@H](C)C12NC(=O)N(CN1CCC[C@@H](c3nnc4ccc(C(F)(F)F)cn34)C1)C2=O. The molecule has 184 valence electrons. The fourth-order valence-corrected chi connectivity index (χ4v) is 6.03. The summed E-state index contributed by atoms with van der Waals surface area (Å²) in [5.74, 6) is 0.277. The number of nitrogens with zero attached hydrogens (tertiary/aromatic N) is 5. The van der Waals surface area contributed by atoms with Crippen molar-refractivity contribution in [1.29, 1.82) is 0 Å². The Balaban J connectivity index is 1.35. The van der Waals surface area contributed by atoms with E-state index in [1.54, 1.807) is 0 Å². The van der Waals surface area contributed by atoms with Crippen molar-refractivity contribution >= 4 is 17.6 Å². The van der Waals surface area contributed by atoms with Crippen LogP contribution in [0.2, 0.25) is 0 Å². The third-order valence-electron chi connectivity index (χ3n) is 7.95. The topological polar surface area (TPSA) is 82.8 Å². The monoisotopic (exact) mass is 478 g/mol. The number of halogens is 3. The van der Waals surface area contributed by atoms with E-state index in [4.69, 9.17) is 0 Å². The maximum Gasteiger partial charge on any atom is 0.417 e. The van der Waals surface area contributed by atoms with E-state index >= 15 is 0 Å². The molecule has 2 aliphatic heterocycles. The summed E-state index contributed by atoms with van der Waals surface area (Å²) in [7, 11) is 0. The number of amides is 3. The molecule has 34 heavy (non-hydrogen) atoms. The van der Waals surface area contributed by atoms with Crippen LogP contribution in [0.1, 0.15) is 63.3 Å². The highest BCUT2D eigenvalue weighted by Gasteiger charge is 2.58. The van der Waals surface area contributed by atoms with Crippen molar-refractivity contribution in [1.82, 2.24) is 29.7 Å². The molecular weight excluding hydrogens is 449 g/mol. The zero-order chi connectivity index (χ0) is 24.3. The van der Waals surface area contributed by atoms with E-state index < -0.39 is 17.3 Å². The minimum Gasteiger partial charge on any atom is -0.323 e. The van der Waals surface area contributed by atoms with Crippen LogP contribution < -0.4 is 5.32 Å². The molecular formula is C23H29F3N6O2. The standard InChI is InChI=1S/C23H29F3N6O2/c1-14-5-3-6-15(2)22(14)20(33)32(21(34)27-22)13-30-10-4-7-16(11-30)19-29-28-18-9-8-17(12-31(18)19)23(24,25)26/h8-9,12,14-16H,3-7,10-11,13H2,1-2H3,(H,27,34)/t14-,15-,16-/m1/s1. The highest BCUT2D eigenvalue weighted by Crippen LogP contribution is 2.42. The number of piperidine rings is 1. The Labute approximate surface area is 195 Å². The number of carbonyl (C=O) groups excluding carboxylic acids is 2. The number of carbonyl (C=O) groups is 2. The lowest BCUT2D eigenvalue weighted by molar-refractivity contribution is -0.138. The van der Waals surface area contributed by atoms with Crippen LogP contribution in [0, 0.1) is 11.8 Å². The molecule has 1 N–H and O–H groups in total. The predicted octanol–water partition coefficient (Wildman–Crippen LogP) is 3.63. The Kier molecular flexibility index (Phi) is 5.57. The molecule has 1 aliphatic carbocycles. The van der Waals surface area contributed by atoms with E-state index in [-0.39, 0.29) is 36.4 Å². The largest absolute Gasteiger partial charge is 0.417 e. The number of hydrogen-bond donors (Lipinski definition) is 1. The molecule has 0 radical (unpaired) electrons. The fraction of sp³-hybridized carbons (Fsp3) is 0.652. The van der Waals surface area contributed by atoms with E-state index in [2.05, 4.69) is 15.5 Å². The number of pyridine rings is 1. The third kappa shape index (κ3) is 3.64. The van der Waals surface area contributed by atoms with Crippen LogP contribution in [0.15, 0.2) is 18.3 Å². The first-order valence-electron chi connectivity index (χ1n) is 11.9. The molecule has 8 nitrogen and oxygen atoms in total. The lowest BCUT2D eigenvalue weighted by Gasteiger charge is -2.42. The van der Waals surface area contributed by atoms with Crippen LogP contribution in [-0.2, 0) is 11.0 Å². The van der Waals surface area contributed by atoms with Gasteiger partial charge in [0.25, 0.3) is 5.91 Å². The Morgan fingerprint density at radius 3 is 2.53 bits per heavy atom. The smallest absolute Gasteiger partial charge is 0.323 e. The maximum absolute atomic E-state index is 13.5. The molecule has 0 bridgehead atoms. The molecule has 5 rings (SSSR count). The summed E-state index contributed by atoms with van der Waals surface area (Å²) in [5.41, 5.74) is -1.24. The van der Waals surface area contributed by atoms with Gasteiger partial charge in [0.2, 0.25) is 0 Å². The molecule has 4 heterocycles. The van der Waals surface area contributed by atoms with E-state index in [1.807, 2.05) is 18.7 Å². The lowest BCUT2D eigenvalue weighted by atomic mass is 9.67. The van der Waals surface area contributed by atoms with E-state index in [1.165, 1.54) is 15.4 Å². The zero-order valence-electron chi connectivity index (χ0n) is 19.3. The van der Waals surface area contributed by atoms with Gasteiger partial charge in [-0.05, 0) is 56.2 Å². The number of nitrogens with one attached hydrogen (secondary N) is 1. The lowest BCUT2D eigenvalue weighted by Crippen LogP contribution is -2.59. The molecule has 2 aromatic rings. The summed E-state index contributed by atoms with van der Waals surface area (Å²) in [6, 6.07) is 1.95. The number of hydrogen-bond acceptors (Lipinski definition) is 5. The third-order valence-corrected chi connectivity index (χ3v) is 7.95. The van der Waals surface area contributed by atoms with Crippen molar-refractivity contribution in [2.75, 3.05) is 19.8 Å². The van der Waals surface area contributed by atoms with Crippen LogP contribution in [0.3, 0.4) is 0 Å². The fourth-order valence-electron chi connectivity index (χ4n) is 6.03. The van der Waals surface area contributed by atoms with Crippen molar-refractivity contribution in [3.05, 3.63) is 29.7 Å². The van der Waals surface area contributed by atoms with Gasteiger partial charge in [0.05, 0.1) is 12.2 Å². The molecule has 2 saturated heterocycles. The summed E-state index contributed by atoms with van der Waals surface area (Å²) < 4.78 is 41.1. The van der Waals surface area contributed by atoms with Crippen molar-refractivity contribution in [2.24, 2.45) is 11.8 Å². The first kappa shape index (κ1) is 23.1. The van der Waals surface area contributed by atoms with Crippen molar-refractivity contribution in [3.63, 3.8) is 0 Å². The predicted molar refractivity (Wildman–Crippen MR) is 117 cm³/mol. The van der Waals surface area contributed by atoms with Crippen LogP contribution in [0.5, 0.6) is 0 Å². The summed E-state index contributed by atoms with van der Waals surface area (Å²) in [5, 5.41) is 11.2. The molecule has 3 atom stereocenters. The first-order chi connectivity index (χ1) is 16.1. The van der Waals surface area contributed by atoms with Crippen LogP contribution >= 0.6 is 0 Å². The number of fused-ring (bicyclic) bond motifs is 1. The minimum atomic E-state index is -4.46. The van der Waals surface area contributed by atoms with Gasteiger partial charge in [0.1, 0.15) is 11.4 Å². The summed E-state index contributed by atoms with van der Waals surface area (Å²) >= 11 is 0. The van der Waals surface area contributed by atoms with Crippen LogP contribution in [0.4, 0.5) is 18.0 Å². The molecule has 3 amide bonds. The second-order valence-electron chi connectivity index (χ2n) is 10.0. The Hall–Kier alpha value is -2.69. The van der Waals surface area contributed by atoms with Crippen molar-refractivity contribution < 1.29 is 22.8 Å². The van der Waals surface area contributed by atoms with Gasteiger partial charge in [-0.1, -0.05) is 20.3 Å². The number of urea groups is 1. The van der Waals surface area contributed by atoms with Gasteiger partial charge in [-0.3, -0.25) is 14.1 Å². The summed E-state index contributed by atoms with van der Waals surface area (Å²) in [6.45, 7) is 5.38. The number of aromatic nitrogens is 3. The molecule has 1 saturated carbocycles. The zero-order valence-corrected chi connectivity index (χ0v) is 19.3. The molecule has 3 fully saturated rings. The van der Waals surface area contributed by atoms with Crippen molar-refractivity contribution in [2.45, 2.75) is 63.6 Å². The second-order valence-corrected chi connectivity index (χ2v) is 10.0. The number of rotatable bonds is 3. The van der Waals surface area contributed by atoms with Gasteiger partial charge in [-0.25, -0.2) is 9.69 Å². The Bertz CT molecular complexity index is 1110. The summed E-state index contributed by atoms with van der Waals surface area (Å²) in [6.07, 6.45) is 0.943. The maximum atomic E-state index is 13.5. The van der Waals surface area contributed by atoms with E-state index in [9.17, 15) is 22.8 Å². The highest BCUT2D eigenvalue weighted by molar-refractivity contribution is 6.07. The van der Waals surface area contributed by atoms with E-state index in [0.717, 1.165) is 44.4 Å². The Morgan fingerprint density at radius 1 is 1.09 bits per heavy atom. The van der Waals surface area contributed by atoms with Gasteiger partial charge in [-0.15, -0.1) is 10.2 Å². The van der Waals surface area contributed by atoms with Gasteiger partial charge in [-0.2, -0.15) is 13.2 Å². The van der Waals surface area contributed by atoms with Crippen LogP contribution in [0.25, 0.3) is 5.65 Å². The molecule has 11 heteroatoms. The second kappa shape index (κ2) is 8.21. The van der Waals surface area contributed by atoms with Crippen LogP contribution in [-0.4, -0.2) is 61.6 Å². The Morgan fingerprint density at radius 2 is 1.82 bits per heavy atom. The van der Waals surface area contributed by atoms with Crippen molar-refractivity contribution in [3.8, 4) is 0 Å². The molecule has 0 unspecified atom stereocenters. The average Bonchev–Trinajstić information content (AvgIpc) is 3.32. The van der Waals surface area contributed by atoms with Gasteiger partial charge < -0.3 is 5.32 Å². The highest BCUT2D eigenvalue weighted by atomic mass is 19.4. The molecule has 2 aromatic heterocycles. The number of likely N-dealkylation sites (tertiary alicyclic amines) is 1. The number of alkyl halides is 3. The molecule has 0 aromatic carbocycles.